The molecule has 0 aliphatic rings. The molecule has 1 heteroatoms. The van der Waals surface area contributed by atoms with E-state index in [0.29, 0.717) is 6.42 Å². The Kier molecular flexibility index (Phi) is 3.09. The van der Waals surface area contributed by atoms with E-state index in [9.17, 15) is 5.26 Å². The van der Waals surface area contributed by atoms with Gasteiger partial charge in [0.05, 0.1) is 11.5 Å². The predicted molar refractivity (Wildman–Crippen MR) is 58.8 cm³/mol. The first-order valence-corrected chi connectivity index (χ1v) is 4.69. The maximum atomic E-state index is 9.20. The largest absolute Gasteiger partial charge is 0.197 e. The number of hydrogen-bond donors (Lipinski definition) is 0. The average Bonchev–Trinajstić information content (AvgIpc) is 2.18. The van der Waals surface area contributed by atoms with Crippen LogP contribution in [0.4, 0.5) is 0 Å². The van der Waals surface area contributed by atoms with Gasteiger partial charge >= 0.3 is 0 Å². The van der Waals surface area contributed by atoms with E-state index in [0.717, 1.165) is 11.1 Å². The van der Waals surface area contributed by atoms with Crippen molar-refractivity contribution in [3.05, 3.63) is 48.0 Å². The van der Waals surface area contributed by atoms with Crippen molar-refractivity contribution in [3.8, 4) is 6.07 Å². The highest BCUT2D eigenvalue weighted by Crippen LogP contribution is 2.29. The Bertz CT molecular complexity index is 359. The van der Waals surface area contributed by atoms with Crippen LogP contribution in [-0.4, -0.2) is 0 Å². The first-order chi connectivity index (χ1) is 6.58. The van der Waals surface area contributed by atoms with Crippen molar-refractivity contribution < 1.29 is 0 Å². The smallest absolute Gasteiger partial charge is 0.0831 e. The molecule has 1 rings (SSSR count). The van der Waals surface area contributed by atoms with Gasteiger partial charge in [0, 0.05) is 0 Å². The Labute approximate surface area is 85.7 Å². The minimum absolute atomic E-state index is 0.437. The van der Waals surface area contributed by atoms with E-state index < -0.39 is 5.41 Å². The molecule has 0 N–H and O–H groups in total. The summed E-state index contributed by atoms with van der Waals surface area (Å²) in [7, 11) is 0. The first kappa shape index (κ1) is 10.5. The molecule has 1 atom stereocenters. The zero-order valence-electron chi connectivity index (χ0n) is 8.75. The summed E-state index contributed by atoms with van der Waals surface area (Å²) in [6.45, 7) is 7.77. The van der Waals surface area contributed by atoms with Gasteiger partial charge in [-0.05, 0) is 25.8 Å². The van der Waals surface area contributed by atoms with E-state index in [1.54, 1.807) is 0 Å². The molecule has 0 radical (unpaired) electrons. The summed E-state index contributed by atoms with van der Waals surface area (Å²) in [6, 6.07) is 12.2. The fourth-order valence-corrected chi connectivity index (χ4v) is 1.62. The molecule has 1 nitrogen and oxygen atoms in total. The molecule has 0 bridgehead atoms. The third-order valence-electron chi connectivity index (χ3n) is 2.31. The third kappa shape index (κ3) is 2.23. The Hall–Kier alpha value is -1.55. The molecule has 0 aromatic heterocycles. The van der Waals surface area contributed by atoms with Crippen LogP contribution in [0, 0.1) is 11.3 Å². The van der Waals surface area contributed by atoms with Crippen molar-refractivity contribution in [2.45, 2.75) is 25.7 Å². The maximum absolute atomic E-state index is 9.20. The standard InChI is InChI=1S/C13H15N/c1-11(2)9-13(3,10-14)12-7-5-4-6-8-12/h4-8H,1,9H2,2-3H3. The minimum atomic E-state index is -0.437. The summed E-state index contributed by atoms with van der Waals surface area (Å²) < 4.78 is 0. The second kappa shape index (κ2) is 4.11. The molecule has 0 aliphatic carbocycles. The molecule has 0 saturated carbocycles. The van der Waals surface area contributed by atoms with Gasteiger partial charge in [0.1, 0.15) is 0 Å². The second-order valence-electron chi connectivity index (χ2n) is 3.94. The summed E-state index contributed by atoms with van der Waals surface area (Å²) in [5.41, 5.74) is 1.66. The number of allylic oxidation sites excluding steroid dienone is 1. The fraction of sp³-hybridized carbons (Fsp3) is 0.308. The number of nitrogens with zero attached hydrogens (tertiary/aromatic N) is 1. The van der Waals surface area contributed by atoms with Crippen LogP contribution in [0.15, 0.2) is 42.5 Å². The normalized spacial score (nSPS) is 14.1. The Balaban J connectivity index is 3.03. The topological polar surface area (TPSA) is 23.8 Å². The van der Waals surface area contributed by atoms with Gasteiger partial charge in [0.2, 0.25) is 0 Å². The molecule has 14 heavy (non-hydrogen) atoms. The van der Waals surface area contributed by atoms with Crippen LogP contribution in [0.1, 0.15) is 25.8 Å². The van der Waals surface area contributed by atoms with Crippen molar-refractivity contribution in [2.75, 3.05) is 0 Å². The molecule has 0 amide bonds. The summed E-state index contributed by atoms with van der Waals surface area (Å²) in [5.74, 6) is 0. The van der Waals surface area contributed by atoms with Crippen LogP contribution in [0.5, 0.6) is 0 Å². The van der Waals surface area contributed by atoms with E-state index in [4.69, 9.17) is 0 Å². The zero-order chi connectivity index (χ0) is 10.6. The summed E-state index contributed by atoms with van der Waals surface area (Å²) in [5, 5.41) is 9.20. The molecule has 0 fully saturated rings. The molecule has 1 unspecified atom stereocenters. The summed E-state index contributed by atoms with van der Waals surface area (Å²) >= 11 is 0. The van der Waals surface area contributed by atoms with E-state index in [1.165, 1.54) is 0 Å². The van der Waals surface area contributed by atoms with E-state index >= 15 is 0 Å². The lowest BCUT2D eigenvalue weighted by Crippen LogP contribution is -2.19. The van der Waals surface area contributed by atoms with Crippen molar-refractivity contribution in [3.63, 3.8) is 0 Å². The molecule has 1 aromatic carbocycles. The molecule has 0 spiro atoms. The fourth-order valence-electron chi connectivity index (χ4n) is 1.62. The van der Waals surface area contributed by atoms with Crippen LogP contribution in [-0.2, 0) is 5.41 Å². The van der Waals surface area contributed by atoms with E-state index in [1.807, 2.05) is 44.2 Å². The zero-order valence-corrected chi connectivity index (χ0v) is 8.75. The quantitative estimate of drug-likeness (QED) is 0.662. The summed E-state index contributed by atoms with van der Waals surface area (Å²) in [4.78, 5) is 0. The van der Waals surface area contributed by atoms with Gasteiger partial charge in [-0.15, -0.1) is 6.58 Å². The van der Waals surface area contributed by atoms with E-state index in [-0.39, 0.29) is 0 Å². The molecular formula is C13H15N. The van der Waals surface area contributed by atoms with Gasteiger partial charge < -0.3 is 0 Å². The number of hydrogen-bond acceptors (Lipinski definition) is 1. The number of nitriles is 1. The molecular weight excluding hydrogens is 170 g/mol. The lowest BCUT2D eigenvalue weighted by Gasteiger charge is -2.21. The van der Waals surface area contributed by atoms with Crippen LogP contribution < -0.4 is 0 Å². The first-order valence-electron chi connectivity index (χ1n) is 4.69. The van der Waals surface area contributed by atoms with Gasteiger partial charge in [-0.1, -0.05) is 35.9 Å². The molecule has 0 saturated heterocycles. The molecule has 0 heterocycles. The maximum Gasteiger partial charge on any atom is 0.0831 e. The predicted octanol–water partition coefficient (Wildman–Crippen LogP) is 3.43. The Morgan fingerprint density at radius 2 is 2.00 bits per heavy atom. The molecule has 0 aliphatic heterocycles. The van der Waals surface area contributed by atoms with E-state index in [2.05, 4.69) is 12.6 Å². The van der Waals surface area contributed by atoms with Crippen LogP contribution in [0.3, 0.4) is 0 Å². The van der Waals surface area contributed by atoms with Gasteiger partial charge in [0.15, 0.2) is 0 Å². The minimum Gasteiger partial charge on any atom is -0.197 e. The lowest BCUT2D eigenvalue weighted by atomic mass is 9.79. The molecule has 72 valence electrons. The van der Waals surface area contributed by atoms with Crippen LogP contribution in [0.25, 0.3) is 0 Å². The Morgan fingerprint density at radius 1 is 1.43 bits per heavy atom. The second-order valence-corrected chi connectivity index (χ2v) is 3.94. The van der Waals surface area contributed by atoms with Gasteiger partial charge in [-0.3, -0.25) is 0 Å². The highest BCUT2D eigenvalue weighted by atomic mass is 14.4. The highest BCUT2D eigenvalue weighted by molar-refractivity contribution is 5.32. The van der Waals surface area contributed by atoms with Crippen molar-refractivity contribution in [1.29, 1.82) is 5.26 Å². The van der Waals surface area contributed by atoms with Crippen LogP contribution >= 0.6 is 0 Å². The van der Waals surface area contributed by atoms with Crippen molar-refractivity contribution >= 4 is 0 Å². The van der Waals surface area contributed by atoms with Gasteiger partial charge in [-0.25, -0.2) is 0 Å². The lowest BCUT2D eigenvalue weighted by molar-refractivity contribution is 0.603. The number of benzene rings is 1. The average molecular weight is 185 g/mol. The van der Waals surface area contributed by atoms with Gasteiger partial charge in [0.25, 0.3) is 0 Å². The van der Waals surface area contributed by atoms with Gasteiger partial charge in [-0.2, -0.15) is 5.26 Å². The van der Waals surface area contributed by atoms with Crippen LogP contribution in [0.2, 0.25) is 0 Å². The Morgan fingerprint density at radius 3 is 2.43 bits per heavy atom. The third-order valence-corrected chi connectivity index (χ3v) is 2.31. The van der Waals surface area contributed by atoms with Crippen molar-refractivity contribution in [1.82, 2.24) is 0 Å². The highest BCUT2D eigenvalue weighted by Gasteiger charge is 2.25. The molecule has 1 aromatic rings. The number of rotatable bonds is 3. The van der Waals surface area contributed by atoms with Crippen molar-refractivity contribution in [2.24, 2.45) is 0 Å². The SMILES string of the molecule is C=C(C)CC(C)(C#N)c1ccccc1. The summed E-state index contributed by atoms with van der Waals surface area (Å²) in [6.07, 6.45) is 0.716. The monoisotopic (exact) mass is 185 g/mol.